The van der Waals surface area contributed by atoms with Gasteiger partial charge in [-0.15, -0.1) is 0 Å². The zero-order valence-corrected chi connectivity index (χ0v) is 23.5. The second-order valence-corrected chi connectivity index (χ2v) is 13.1. The number of aromatic nitrogens is 4. The van der Waals surface area contributed by atoms with Crippen LogP contribution in [0.5, 0.6) is 0 Å². The molecule has 1 aliphatic heterocycles. The second-order valence-electron chi connectivity index (χ2n) is 9.45. The molecule has 3 heterocycles. The molecule has 0 bridgehead atoms. The highest BCUT2D eigenvalue weighted by atomic mass is 32.2. The third-order valence-corrected chi connectivity index (χ3v) is 9.29. The van der Waals surface area contributed by atoms with E-state index >= 15 is 0 Å². The van der Waals surface area contributed by atoms with Crippen LogP contribution in [-0.2, 0) is 30.5 Å². The Kier molecular flexibility index (Phi) is 9.43. The van der Waals surface area contributed by atoms with Crippen molar-refractivity contribution in [1.82, 2.24) is 19.5 Å². The summed E-state index contributed by atoms with van der Waals surface area (Å²) in [6.07, 6.45) is 1.31. The molecular weight excluding hydrogens is 576 g/mol. The molecule has 2 aromatic carbocycles. The summed E-state index contributed by atoms with van der Waals surface area (Å²) in [5.74, 6) is 0.254. The van der Waals surface area contributed by atoms with Gasteiger partial charge < -0.3 is 36.1 Å². The molecule has 6 atom stereocenters. The highest BCUT2D eigenvalue weighted by Gasteiger charge is 2.46. The molecule has 220 valence electrons. The van der Waals surface area contributed by atoms with Crippen LogP contribution in [-0.4, -0.2) is 95.9 Å². The van der Waals surface area contributed by atoms with E-state index in [2.05, 4.69) is 15.0 Å². The molecule has 0 radical (unpaired) electrons. The zero-order chi connectivity index (χ0) is 29.9. The van der Waals surface area contributed by atoms with Gasteiger partial charge >= 0.3 is 5.97 Å². The highest BCUT2D eigenvalue weighted by Crippen LogP contribution is 2.32. The summed E-state index contributed by atoms with van der Waals surface area (Å²) in [6.45, 7) is 0. The molecular formula is C25H30N6O8S2. The molecule has 1 fully saturated rings. The lowest BCUT2D eigenvalue weighted by atomic mass is 10.1. The van der Waals surface area contributed by atoms with Crippen molar-refractivity contribution >= 4 is 54.7 Å². The topological polar surface area (TPSA) is 240 Å². The van der Waals surface area contributed by atoms with E-state index in [1.54, 1.807) is 36.4 Å². The summed E-state index contributed by atoms with van der Waals surface area (Å²) in [4.78, 5) is 22.8. The van der Waals surface area contributed by atoms with Gasteiger partial charge in [0, 0.05) is 6.42 Å². The first kappa shape index (κ1) is 30.6. The fourth-order valence-electron chi connectivity index (χ4n) is 4.38. The number of nitrogens with two attached hydrogens (primary N) is 2. The largest absolute Gasteiger partial charge is 0.744 e. The molecule has 1 aliphatic rings. The van der Waals surface area contributed by atoms with Crippen LogP contribution in [0.2, 0.25) is 0 Å². The van der Waals surface area contributed by atoms with E-state index < -0.39 is 46.7 Å². The first-order chi connectivity index (χ1) is 19.4. The maximum atomic E-state index is 10.9. The van der Waals surface area contributed by atoms with Crippen molar-refractivity contribution in [1.29, 1.82) is 0 Å². The quantitative estimate of drug-likeness (QED) is 0.129. The maximum absolute atomic E-state index is 10.9. The van der Waals surface area contributed by atoms with E-state index in [0.29, 0.717) is 34.5 Å². The average molecular weight is 607 g/mol. The second kappa shape index (κ2) is 12.6. The number of imidazole rings is 1. The fraction of sp³-hybridized carbons (Fsp3) is 0.360. The van der Waals surface area contributed by atoms with Gasteiger partial charge in [0.2, 0.25) is 0 Å². The number of fused-ring (bicyclic) bond motifs is 2. The summed E-state index contributed by atoms with van der Waals surface area (Å²) in [6, 6.07) is 10.6. The van der Waals surface area contributed by atoms with E-state index in [1.165, 1.54) is 23.3 Å². The predicted molar refractivity (Wildman–Crippen MR) is 151 cm³/mol. The number of hydrogen-bond donors (Lipinski definition) is 5. The number of nitrogen functional groups attached to an aromatic ring is 1. The maximum Gasteiger partial charge on any atom is 0.320 e. The predicted octanol–water partition coefficient (Wildman–Crippen LogP) is -0.178. The zero-order valence-electron chi connectivity index (χ0n) is 21.8. The molecule has 4 aromatic rings. The molecule has 0 aliphatic carbocycles. The van der Waals surface area contributed by atoms with Gasteiger partial charge in [0.05, 0.1) is 17.5 Å². The van der Waals surface area contributed by atoms with E-state index in [-0.39, 0.29) is 21.6 Å². The van der Waals surface area contributed by atoms with Gasteiger partial charge in [-0.25, -0.2) is 23.4 Å². The smallest absolute Gasteiger partial charge is 0.320 e. The number of benzene rings is 2. The molecule has 1 unspecified atom stereocenters. The minimum absolute atomic E-state index is 0.157. The highest BCUT2D eigenvalue weighted by molar-refractivity contribution is 7.96. The van der Waals surface area contributed by atoms with Crippen molar-refractivity contribution < 1.29 is 37.8 Å². The monoisotopic (exact) mass is 606 g/mol. The third-order valence-electron chi connectivity index (χ3n) is 6.56. The Hall–Kier alpha value is -3.38. The number of carboxylic acid groups (broad SMARTS) is 1. The Morgan fingerprint density at radius 1 is 1.15 bits per heavy atom. The minimum atomic E-state index is -4.38. The van der Waals surface area contributed by atoms with Gasteiger partial charge in [-0.3, -0.25) is 9.36 Å². The third kappa shape index (κ3) is 6.92. The SMILES string of the molecule is C[S+](CC[C@H](N)C(=O)O)C[C@H]1O[C@@H](n2cnc3c(N)ncnc32)[C@H](O)[C@@H]1O.O=S(=O)([O-])c1cccc2ccccc12. The number of rotatable bonds is 8. The first-order valence-electron chi connectivity index (χ1n) is 12.3. The fourth-order valence-corrected chi connectivity index (χ4v) is 6.74. The summed E-state index contributed by atoms with van der Waals surface area (Å²) >= 11 is 0. The van der Waals surface area contributed by atoms with Crippen LogP contribution in [0.1, 0.15) is 12.6 Å². The lowest BCUT2D eigenvalue weighted by molar-refractivity contribution is -0.138. The molecule has 2 aromatic heterocycles. The number of aliphatic carboxylic acids is 1. The number of aliphatic hydroxyl groups excluding tert-OH is 2. The normalized spacial score (nSPS) is 22.3. The van der Waals surface area contributed by atoms with Gasteiger partial charge in [0.15, 0.2) is 17.7 Å². The number of anilines is 1. The molecule has 7 N–H and O–H groups in total. The Morgan fingerprint density at radius 2 is 1.85 bits per heavy atom. The van der Waals surface area contributed by atoms with Crippen molar-refractivity contribution in [3.05, 3.63) is 55.1 Å². The Morgan fingerprint density at radius 3 is 2.56 bits per heavy atom. The van der Waals surface area contributed by atoms with Crippen LogP contribution in [0.3, 0.4) is 0 Å². The van der Waals surface area contributed by atoms with Gasteiger partial charge in [0.25, 0.3) is 0 Å². The number of carbonyl (C=O) groups is 1. The Bertz CT molecular complexity index is 1630. The van der Waals surface area contributed by atoms with Crippen LogP contribution < -0.4 is 11.5 Å². The average Bonchev–Trinajstić information content (AvgIpc) is 3.48. The van der Waals surface area contributed by atoms with Gasteiger partial charge in [-0.2, -0.15) is 0 Å². The van der Waals surface area contributed by atoms with Gasteiger partial charge in [0.1, 0.15) is 57.8 Å². The summed E-state index contributed by atoms with van der Waals surface area (Å²) in [5, 5.41) is 30.9. The van der Waals surface area contributed by atoms with Gasteiger partial charge in [-0.1, -0.05) is 36.4 Å². The van der Waals surface area contributed by atoms with E-state index in [1.807, 2.05) is 6.26 Å². The molecule has 0 spiro atoms. The van der Waals surface area contributed by atoms with Crippen LogP contribution in [0.4, 0.5) is 5.82 Å². The Labute approximate surface area is 238 Å². The molecule has 5 rings (SSSR count). The molecule has 0 amide bonds. The van der Waals surface area contributed by atoms with Crippen molar-refractivity contribution in [2.45, 2.75) is 41.9 Å². The van der Waals surface area contributed by atoms with Crippen molar-refractivity contribution in [3.63, 3.8) is 0 Å². The summed E-state index contributed by atoms with van der Waals surface area (Å²) in [7, 11) is -4.61. The number of aliphatic hydroxyl groups is 2. The van der Waals surface area contributed by atoms with E-state index in [0.717, 1.165) is 5.39 Å². The lowest BCUT2D eigenvalue weighted by Crippen LogP contribution is -2.37. The van der Waals surface area contributed by atoms with Crippen LogP contribution in [0.25, 0.3) is 21.9 Å². The Balaban J connectivity index is 0.000000231. The summed E-state index contributed by atoms with van der Waals surface area (Å²) < 4.78 is 40.1. The van der Waals surface area contributed by atoms with Crippen LogP contribution in [0, 0.1) is 0 Å². The number of ether oxygens (including phenoxy) is 1. The molecule has 0 saturated carbocycles. The molecule has 41 heavy (non-hydrogen) atoms. The minimum Gasteiger partial charge on any atom is -0.744 e. The van der Waals surface area contributed by atoms with Crippen LogP contribution >= 0.6 is 0 Å². The van der Waals surface area contributed by atoms with Crippen molar-refractivity contribution in [2.75, 3.05) is 23.5 Å². The summed E-state index contributed by atoms with van der Waals surface area (Å²) in [5.41, 5.74) is 12.1. The van der Waals surface area contributed by atoms with Crippen molar-refractivity contribution in [3.8, 4) is 0 Å². The van der Waals surface area contributed by atoms with Crippen LogP contribution in [0.15, 0.2) is 60.0 Å². The van der Waals surface area contributed by atoms with E-state index in [4.69, 9.17) is 21.3 Å². The van der Waals surface area contributed by atoms with Crippen molar-refractivity contribution in [2.24, 2.45) is 5.73 Å². The van der Waals surface area contributed by atoms with Gasteiger partial charge in [-0.05, 0) is 27.7 Å². The number of nitrogens with zero attached hydrogens (tertiary/aromatic N) is 4. The van der Waals surface area contributed by atoms with E-state index in [9.17, 15) is 28.0 Å². The molecule has 1 saturated heterocycles. The standard InChI is InChI=1S/C15H22N6O5S.C10H8O3S/c1-27(3-2-7(16)15(24)25)4-8-10(22)11(23)14(26-8)21-6-20-9-12(17)18-5-19-13(9)21;11-14(12,13)10-7-3-5-8-4-1-2-6-9(8)10/h5-8,10-11,14,22-23H,2-4,16H2,1H3,(H2-,17,18,19,24,25);1-7H,(H,11,12,13)/t7-,8+,10+,11+,14+,27?;/m0./s1. The number of carboxylic acids is 1. The lowest BCUT2D eigenvalue weighted by Gasteiger charge is -2.16. The number of hydrogen-bond acceptors (Lipinski definition) is 12. The molecule has 16 heteroatoms. The molecule has 14 nitrogen and oxygen atoms in total. The first-order valence-corrected chi connectivity index (χ1v) is 15.7.